The van der Waals surface area contributed by atoms with Gasteiger partial charge in [0.2, 0.25) is 9.84 Å². The second-order valence-corrected chi connectivity index (χ2v) is 6.71. The fourth-order valence-electron chi connectivity index (χ4n) is 2.27. The molecule has 0 fully saturated rings. The van der Waals surface area contributed by atoms with E-state index < -0.39 is 9.84 Å². The van der Waals surface area contributed by atoms with Crippen LogP contribution in [0.5, 0.6) is 0 Å². The number of hydrogen-bond acceptors (Lipinski definition) is 2. The Kier molecular flexibility index (Phi) is 3.07. The molecule has 3 aromatic carbocycles. The molecule has 0 aliphatic rings. The van der Waals surface area contributed by atoms with E-state index in [4.69, 9.17) is 0 Å². The maximum atomic E-state index is 12.8. The minimum atomic E-state index is -3.48. The van der Waals surface area contributed by atoms with Crippen molar-refractivity contribution >= 4 is 20.6 Å². The first-order chi connectivity index (χ1) is 9.59. The van der Waals surface area contributed by atoms with Crippen LogP contribution in [0.25, 0.3) is 10.8 Å². The van der Waals surface area contributed by atoms with Crippen molar-refractivity contribution in [3.05, 3.63) is 72.3 Å². The van der Waals surface area contributed by atoms with Gasteiger partial charge in [0.25, 0.3) is 0 Å². The molecule has 0 bridgehead atoms. The van der Waals surface area contributed by atoms with E-state index in [1.165, 1.54) is 0 Å². The molecule has 0 aliphatic heterocycles. The molecule has 2 nitrogen and oxygen atoms in total. The number of sulfone groups is 1. The largest absolute Gasteiger partial charge is 0.218 e. The van der Waals surface area contributed by atoms with E-state index in [0.29, 0.717) is 9.79 Å². The summed E-state index contributed by atoms with van der Waals surface area (Å²) in [7, 11) is -3.48. The summed E-state index contributed by atoms with van der Waals surface area (Å²) in [4.78, 5) is 0.693. The van der Waals surface area contributed by atoms with Crippen LogP contribution in [0.4, 0.5) is 0 Å². The summed E-state index contributed by atoms with van der Waals surface area (Å²) in [5.74, 6) is 0. The van der Waals surface area contributed by atoms with E-state index in [9.17, 15) is 8.42 Å². The van der Waals surface area contributed by atoms with Gasteiger partial charge in [0.05, 0.1) is 9.79 Å². The summed E-state index contributed by atoms with van der Waals surface area (Å²) in [5, 5.41) is 1.69. The van der Waals surface area contributed by atoms with Crippen molar-refractivity contribution in [1.82, 2.24) is 0 Å². The number of fused-ring (bicyclic) bond motifs is 1. The van der Waals surface area contributed by atoms with Crippen LogP contribution in [-0.4, -0.2) is 8.42 Å². The van der Waals surface area contributed by atoms with Crippen LogP contribution >= 0.6 is 0 Å². The number of benzene rings is 3. The van der Waals surface area contributed by atoms with Gasteiger partial charge in [-0.2, -0.15) is 0 Å². The minimum Gasteiger partial charge on any atom is -0.218 e. The predicted molar refractivity (Wildman–Crippen MR) is 80.6 cm³/mol. The van der Waals surface area contributed by atoms with Gasteiger partial charge < -0.3 is 0 Å². The lowest BCUT2D eigenvalue weighted by atomic mass is 10.1. The summed E-state index contributed by atoms with van der Waals surface area (Å²) >= 11 is 0. The predicted octanol–water partition coefficient (Wildman–Crippen LogP) is 3.98. The second-order valence-electron chi connectivity index (χ2n) is 4.79. The van der Waals surface area contributed by atoms with Crippen molar-refractivity contribution in [3.8, 4) is 0 Å². The zero-order valence-electron chi connectivity index (χ0n) is 11.1. The molecule has 100 valence electrons. The molecule has 0 aromatic heterocycles. The molecule has 0 unspecified atom stereocenters. The van der Waals surface area contributed by atoms with Gasteiger partial charge in [-0.15, -0.1) is 0 Å². The molecule has 0 saturated carbocycles. The highest BCUT2D eigenvalue weighted by Gasteiger charge is 2.19. The Morgan fingerprint density at radius 2 is 1.40 bits per heavy atom. The second kappa shape index (κ2) is 4.76. The summed E-state index contributed by atoms with van der Waals surface area (Å²) in [6.45, 7) is 1.94. The number of hydrogen-bond donors (Lipinski definition) is 0. The van der Waals surface area contributed by atoms with Crippen molar-refractivity contribution < 1.29 is 8.42 Å². The van der Waals surface area contributed by atoms with Gasteiger partial charge in [0.1, 0.15) is 0 Å². The third-order valence-electron chi connectivity index (χ3n) is 3.37. The van der Waals surface area contributed by atoms with Gasteiger partial charge in [-0.25, -0.2) is 8.42 Å². The summed E-state index contributed by atoms with van der Waals surface area (Å²) in [6.07, 6.45) is 0. The third-order valence-corrected chi connectivity index (χ3v) is 5.20. The maximum Gasteiger partial charge on any atom is 0.207 e. The molecule has 0 spiro atoms. The number of rotatable bonds is 2. The Morgan fingerprint density at radius 1 is 0.750 bits per heavy atom. The highest BCUT2D eigenvalue weighted by Crippen LogP contribution is 2.28. The first kappa shape index (κ1) is 12.9. The van der Waals surface area contributed by atoms with Crippen LogP contribution in [0.1, 0.15) is 5.56 Å². The zero-order valence-corrected chi connectivity index (χ0v) is 11.9. The summed E-state index contributed by atoms with van der Waals surface area (Å²) in [6, 6.07) is 19.8. The first-order valence-corrected chi connectivity index (χ1v) is 7.87. The van der Waals surface area contributed by atoms with Crippen LogP contribution in [0.2, 0.25) is 0 Å². The van der Waals surface area contributed by atoms with E-state index in [2.05, 4.69) is 0 Å². The van der Waals surface area contributed by atoms with Crippen molar-refractivity contribution in [1.29, 1.82) is 0 Å². The Bertz CT molecular complexity index is 858. The van der Waals surface area contributed by atoms with E-state index in [0.717, 1.165) is 16.3 Å². The minimum absolute atomic E-state index is 0.333. The summed E-state index contributed by atoms with van der Waals surface area (Å²) in [5.41, 5.74) is 1.04. The Labute approximate surface area is 118 Å². The molecule has 0 amide bonds. The zero-order chi connectivity index (χ0) is 14.2. The molecule has 3 aromatic rings. The van der Waals surface area contributed by atoms with E-state index in [-0.39, 0.29) is 0 Å². The standard InChI is InChI=1S/C17H14O2S/c1-13-9-11-15(12-10-13)20(18,19)17-8-4-6-14-5-2-3-7-16(14)17/h2-12H,1H3. The van der Waals surface area contributed by atoms with Crippen molar-refractivity contribution in [2.45, 2.75) is 16.7 Å². The maximum absolute atomic E-state index is 12.8. The molecule has 0 saturated heterocycles. The van der Waals surface area contributed by atoms with Crippen molar-refractivity contribution in [3.63, 3.8) is 0 Å². The molecule has 0 aliphatic carbocycles. The van der Waals surface area contributed by atoms with Gasteiger partial charge in [-0.3, -0.25) is 0 Å². The van der Waals surface area contributed by atoms with E-state index in [1.54, 1.807) is 24.3 Å². The highest BCUT2D eigenvalue weighted by molar-refractivity contribution is 7.91. The van der Waals surface area contributed by atoms with Crippen LogP contribution in [0, 0.1) is 6.92 Å². The first-order valence-electron chi connectivity index (χ1n) is 6.38. The lowest BCUT2D eigenvalue weighted by Crippen LogP contribution is -2.02. The van der Waals surface area contributed by atoms with Gasteiger partial charge in [-0.1, -0.05) is 54.1 Å². The lowest BCUT2D eigenvalue weighted by Gasteiger charge is -2.08. The van der Waals surface area contributed by atoms with Gasteiger partial charge in [0.15, 0.2) is 0 Å². The van der Waals surface area contributed by atoms with Gasteiger partial charge >= 0.3 is 0 Å². The number of aryl methyl sites for hydroxylation is 1. The molecule has 0 atom stereocenters. The summed E-state index contributed by atoms with van der Waals surface area (Å²) < 4.78 is 25.5. The van der Waals surface area contributed by atoms with E-state index >= 15 is 0 Å². The molecule has 3 rings (SSSR count). The topological polar surface area (TPSA) is 34.1 Å². The molecular weight excluding hydrogens is 268 g/mol. The van der Waals surface area contributed by atoms with Crippen LogP contribution in [0.15, 0.2) is 76.5 Å². The van der Waals surface area contributed by atoms with Crippen LogP contribution < -0.4 is 0 Å². The highest BCUT2D eigenvalue weighted by atomic mass is 32.2. The monoisotopic (exact) mass is 282 g/mol. The molecular formula is C17H14O2S. The molecule has 0 heterocycles. The third kappa shape index (κ3) is 2.10. The quantitative estimate of drug-likeness (QED) is 0.712. The Morgan fingerprint density at radius 3 is 2.15 bits per heavy atom. The molecule has 3 heteroatoms. The normalized spacial score (nSPS) is 11.7. The SMILES string of the molecule is Cc1ccc(S(=O)(=O)c2cccc3ccccc23)cc1. The van der Waals surface area contributed by atoms with E-state index in [1.807, 2.05) is 49.4 Å². The van der Waals surface area contributed by atoms with Crippen molar-refractivity contribution in [2.75, 3.05) is 0 Å². The van der Waals surface area contributed by atoms with Crippen molar-refractivity contribution in [2.24, 2.45) is 0 Å². The van der Waals surface area contributed by atoms with Gasteiger partial charge in [0, 0.05) is 5.39 Å². The molecule has 0 N–H and O–H groups in total. The molecule has 20 heavy (non-hydrogen) atoms. The van der Waals surface area contributed by atoms with Crippen LogP contribution in [0.3, 0.4) is 0 Å². The lowest BCUT2D eigenvalue weighted by molar-refractivity contribution is 0.597. The fraction of sp³-hybridized carbons (Fsp3) is 0.0588. The van der Waals surface area contributed by atoms with Gasteiger partial charge in [-0.05, 0) is 30.5 Å². The molecule has 0 radical (unpaired) electrons. The average molecular weight is 282 g/mol. The smallest absolute Gasteiger partial charge is 0.207 e. The Hall–Kier alpha value is -2.13. The fourth-order valence-corrected chi connectivity index (χ4v) is 3.76. The Balaban J connectivity index is 2.27. The van der Waals surface area contributed by atoms with Crippen LogP contribution in [-0.2, 0) is 9.84 Å². The average Bonchev–Trinajstić information content (AvgIpc) is 2.47.